The molecule has 0 spiro atoms. The third-order valence-electron chi connectivity index (χ3n) is 5.48. The summed E-state index contributed by atoms with van der Waals surface area (Å²) in [5.41, 5.74) is -0.119. The van der Waals surface area contributed by atoms with Crippen LogP contribution in [0.4, 0.5) is 0 Å². The number of benzene rings is 2. The van der Waals surface area contributed by atoms with Crippen molar-refractivity contribution in [1.29, 1.82) is 0 Å². The Morgan fingerprint density at radius 3 is 2.11 bits per heavy atom. The van der Waals surface area contributed by atoms with Crippen LogP contribution in [0.25, 0.3) is 0 Å². The predicted octanol–water partition coefficient (Wildman–Crippen LogP) is 1.80. The van der Waals surface area contributed by atoms with Crippen LogP contribution in [0.2, 0.25) is 0 Å². The molecule has 2 aliphatic rings. The second-order valence-electron chi connectivity index (χ2n) is 7.14. The van der Waals surface area contributed by atoms with Crippen LogP contribution in [0.5, 0.6) is 0 Å². The maximum Gasteiger partial charge on any atom is 0.330 e. The summed E-state index contributed by atoms with van der Waals surface area (Å²) in [6.45, 7) is 1.42. The average molecular weight is 378 g/mol. The number of carbonyl (C=O) groups excluding carboxylic acids is 3. The highest BCUT2D eigenvalue weighted by Gasteiger charge is 2.62. The molecule has 2 aromatic carbocycles. The molecule has 1 heterocycles. The van der Waals surface area contributed by atoms with Gasteiger partial charge in [0.1, 0.15) is 11.6 Å². The van der Waals surface area contributed by atoms with Gasteiger partial charge in [-0.3, -0.25) is 19.3 Å². The highest BCUT2D eigenvalue weighted by atomic mass is 16.4. The molecule has 3 atom stereocenters. The van der Waals surface area contributed by atoms with Gasteiger partial charge in [0.05, 0.1) is 11.1 Å². The number of carboxylic acids is 1. The predicted molar refractivity (Wildman–Crippen MR) is 98.7 cm³/mol. The SMILES string of the molecule is CC(C(=O)NC1(C(=O)O)CC1c1ccccc1)N1C(=O)c2ccccc2C1=O. The lowest BCUT2D eigenvalue weighted by molar-refractivity contribution is -0.143. The fraction of sp³-hybridized carbons (Fsp3) is 0.238. The van der Waals surface area contributed by atoms with E-state index >= 15 is 0 Å². The lowest BCUT2D eigenvalue weighted by atomic mass is 10.1. The van der Waals surface area contributed by atoms with E-state index < -0.39 is 35.3 Å². The number of carbonyl (C=O) groups is 4. The Bertz CT molecular complexity index is 968. The summed E-state index contributed by atoms with van der Waals surface area (Å²) < 4.78 is 0. The lowest BCUT2D eigenvalue weighted by Gasteiger charge is -2.24. The fourth-order valence-corrected chi connectivity index (χ4v) is 3.78. The maximum atomic E-state index is 12.8. The van der Waals surface area contributed by atoms with Crippen LogP contribution in [-0.4, -0.2) is 45.3 Å². The van der Waals surface area contributed by atoms with Gasteiger partial charge in [-0.05, 0) is 31.0 Å². The van der Waals surface area contributed by atoms with E-state index in [0.717, 1.165) is 10.5 Å². The normalized spacial score (nSPS) is 23.9. The van der Waals surface area contributed by atoms with E-state index in [1.54, 1.807) is 12.1 Å². The van der Waals surface area contributed by atoms with Crippen molar-refractivity contribution in [2.45, 2.75) is 30.8 Å². The van der Waals surface area contributed by atoms with Crippen molar-refractivity contribution < 1.29 is 24.3 Å². The van der Waals surface area contributed by atoms with Gasteiger partial charge in [-0.1, -0.05) is 42.5 Å². The van der Waals surface area contributed by atoms with Crippen molar-refractivity contribution >= 4 is 23.7 Å². The van der Waals surface area contributed by atoms with Crippen LogP contribution in [0, 0.1) is 0 Å². The first-order valence-electron chi connectivity index (χ1n) is 8.94. The molecule has 7 heteroatoms. The second kappa shape index (κ2) is 6.30. The summed E-state index contributed by atoms with van der Waals surface area (Å²) in [6, 6.07) is 14.3. The average Bonchev–Trinajstić information content (AvgIpc) is 3.38. The van der Waals surface area contributed by atoms with Crippen LogP contribution in [0.1, 0.15) is 45.5 Å². The summed E-state index contributed by atoms with van der Waals surface area (Å²) in [5.74, 6) is -3.27. The Labute approximate surface area is 161 Å². The third-order valence-corrected chi connectivity index (χ3v) is 5.48. The molecule has 7 nitrogen and oxygen atoms in total. The van der Waals surface area contributed by atoms with Gasteiger partial charge in [0, 0.05) is 5.92 Å². The van der Waals surface area contributed by atoms with Crippen molar-refractivity contribution in [2.24, 2.45) is 0 Å². The Balaban J connectivity index is 1.54. The molecule has 3 amide bonds. The minimum atomic E-state index is -1.43. The zero-order valence-electron chi connectivity index (χ0n) is 15.1. The Morgan fingerprint density at radius 1 is 1.04 bits per heavy atom. The highest BCUT2D eigenvalue weighted by molar-refractivity contribution is 6.22. The van der Waals surface area contributed by atoms with Crippen molar-refractivity contribution in [1.82, 2.24) is 10.2 Å². The fourth-order valence-electron chi connectivity index (χ4n) is 3.78. The topological polar surface area (TPSA) is 104 Å². The van der Waals surface area contributed by atoms with Gasteiger partial charge in [-0.2, -0.15) is 0 Å². The largest absolute Gasteiger partial charge is 0.479 e. The number of hydrogen-bond donors (Lipinski definition) is 2. The summed E-state index contributed by atoms with van der Waals surface area (Å²) >= 11 is 0. The molecule has 142 valence electrons. The van der Waals surface area contributed by atoms with Crippen LogP contribution < -0.4 is 5.32 Å². The lowest BCUT2D eigenvalue weighted by Crippen LogP contribution is -2.53. The van der Waals surface area contributed by atoms with E-state index in [1.807, 2.05) is 30.3 Å². The van der Waals surface area contributed by atoms with Gasteiger partial charge < -0.3 is 10.4 Å². The standard InChI is InChI=1S/C21H18N2O5/c1-12(23-18(25)14-9-5-6-10-15(14)19(23)26)17(24)22-21(20(27)28)11-16(21)13-7-3-2-4-8-13/h2-10,12,16H,11H2,1H3,(H,22,24)(H,27,28). The number of fused-ring (bicyclic) bond motifs is 1. The number of carboxylic acid groups (broad SMARTS) is 1. The van der Waals surface area contributed by atoms with Crippen LogP contribution in [-0.2, 0) is 9.59 Å². The molecule has 4 rings (SSSR count). The van der Waals surface area contributed by atoms with E-state index in [0.29, 0.717) is 0 Å². The Morgan fingerprint density at radius 2 is 1.57 bits per heavy atom. The highest BCUT2D eigenvalue weighted by Crippen LogP contribution is 2.51. The van der Waals surface area contributed by atoms with E-state index in [1.165, 1.54) is 19.1 Å². The molecule has 0 aromatic heterocycles. The van der Waals surface area contributed by atoms with E-state index in [9.17, 15) is 24.3 Å². The number of nitrogens with zero attached hydrogens (tertiary/aromatic N) is 1. The minimum Gasteiger partial charge on any atom is -0.479 e. The van der Waals surface area contributed by atoms with Crippen LogP contribution >= 0.6 is 0 Å². The number of hydrogen-bond acceptors (Lipinski definition) is 4. The molecule has 28 heavy (non-hydrogen) atoms. The van der Waals surface area contributed by atoms with Crippen LogP contribution in [0.15, 0.2) is 54.6 Å². The molecule has 2 aromatic rings. The van der Waals surface area contributed by atoms with Crippen molar-refractivity contribution in [3.63, 3.8) is 0 Å². The maximum absolute atomic E-state index is 12.8. The molecule has 0 radical (unpaired) electrons. The van der Waals surface area contributed by atoms with Gasteiger partial charge in [0.2, 0.25) is 5.91 Å². The van der Waals surface area contributed by atoms with Crippen molar-refractivity contribution in [3.05, 3.63) is 71.3 Å². The molecule has 2 N–H and O–H groups in total. The smallest absolute Gasteiger partial charge is 0.330 e. The molecule has 1 fully saturated rings. The molecule has 1 aliphatic heterocycles. The third kappa shape index (κ3) is 2.58. The molecule has 3 unspecified atom stereocenters. The molecule has 0 saturated heterocycles. The van der Waals surface area contributed by atoms with Gasteiger partial charge in [0.15, 0.2) is 0 Å². The quantitative estimate of drug-likeness (QED) is 0.772. The number of amides is 3. The monoisotopic (exact) mass is 378 g/mol. The summed E-state index contributed by atoms with van der Waals surface area (Å²) in [6.07, 6.45) is 0.257. The van der Waals surface area contributed by atoms with Crippen molar-refractivity contribution in [3.8, 4) is 0 Å². The summed E-state index contributed by atoms with van der Waals surface area (Å²) in [7, 11) is 0. The first-order chi connectivity index (χ1) is 13.4. The zero-order valence-corrected chi connectivity index (χ0v) is 15.1. The Kier molecular flexibility index (Phi) is 4.03. The van der Waals surface area contributed by atoms with Gasteiger partial charge >= 0.3 is 5.97 Å². The van der Waals surface area contributed by atoms with Crippen LogP contribution in [0.3, 0.4) is 0 Å². The number of nitrogens with one attached hydrogen (secondary N) is 1. The minimum absolute atomic E-state index is 0.244. The van der Waals surface area contributed by atoms with E-state index in [2.05, 4.69) is 5.32 Å². The van der Waals surface area contributed by atoms with Gasteiger partial charge in [0.25, 0.3) is 11.8 Å². The summed E-state index contributed by atoms with van der Waals surface area (Å²) in [4.78, 5) is 50.7. The number of rotatable bonds is 5. The summed E-state index contributed by atoms with van der Waals surface area (Å²) in [5, 5.41) is 12.3. The van der Waals surface area contributed by atoms with E-state index in [4.69, 9.17) is 0 Å². The number of aliphatic carboxylic acids is 1. The molecule has 1 aliphatic carbocycles. The second-order valence-corrected chi connectivity index (χ2v) is 7.14. The first-order valence-corrected chi connectivity index (χ1v) is 8.94. The first kappa shape index (κ1) is 17.9. The van der Waals surface area contributed by atoms with E-state index in [-0.39, 0.29) is 23.5 Å². The molecule has 1 saturated carbocycles. The number of imide groups is 1. The Hall–Kier alpha value is -3.48. The molecular weight excluding hydrogens is 360 g/mol. The zero-order chi connectivity index (χ0) is 20.1. The van der Waals surface area contributed by atoms with Crippen molar-refractivity contribution in [2.75, 3.05) is 0 Å². The van der Waals surface area contributed by atoms with Gasteiger partial charge in [-0.15, -0.1) is 0 Å². The molecular formula is C21H18N2O5. The van der Waals surface area contributed by atoms with Gasteiger partial charge in [-0.25, -0.2) is 4.79 Å². The molecule has 0 bridgehead atoms.